The molecule has 2 aliphatic heterocycles. The summed E-state index contributed by atoms with van der Waals surface area (Å²) in [7, 11) is -3.05. The van der Waals surface area contributed by atoms with E-state index in [1.807, 2.05) is 12.1 Å². The molecule has 2 heterocycles. The number of carbonyl (C=O) groups excluding carboxylic acids is 2. The van der Waals surface area contributed by atoms with E-state index in [0.717, 1.165) is 0 Å². The minimum absolute atomic E-state index is 0.0502. The number of sulfone groups is 1. The summed E-state index contributed by atoms with van der Waals surface area (Å²) in [6, 6.07) is 6.38. The maximum Gasteiger partial charge on any atom is 0.315 e. The van der Waals surface area contributed by atoms with Gasteiger partial charge in [-0.3, -0.25) is 4.79 Å². The van der Waals surface area contributed by atoms with Crippen LogP contribution in [0.15, 0.2) is 24.3 Å². The zero-order valence-electron chi connectivity index (χ0n) is 14.1. The van der Waals surface area contributed by atoms with Crippen molar-refractivity contribution in [3.63, 3.8) is 0 Å². The molecule has 0 aliphatic carbocycles. The first-order chi connectivity index (χ1) is 12.4. The highest BCUT2D eigenvalue weighted by Gasteiger charge is 2.28. The van der Waals surface area contributed by atoms with Gasteiger partial charge in [0.15, 0.2) is 27.4 Å². The van der Waals surface area contributed by atoms with Gasteiger partial charge in [0, 0.05) is 6.04 Å². The number of ether oxygens (including phenoxy) is 2. The number of nitrogens with one attached hydrogen (secondary N) is 3. The lowest BCUT2D eigenvalue weighted by atomic mass is 10.2. The van der Waals surface area contributed by atoms with Crippen LogP contribution in [0.3, 0.4) is 0 Å². The van der Waals surface area contributed by atoms with E-state index < -0.39 is 21.8 Å². The minimum Gasteiger partial charge on any atom is -0.486 e. The number of amides is 3. The van der Waals surface area contributed by atoms with Crippen molar-refractivity contribution in [2.24, 2.45) is 0 Å². The van der Waals surface area contributed by atoms with Crippen LogP contribution in [0.25, 0.3) is 0 Å². The molecular weight excluding hydrogens is 362 g/mol. The fourth-order valence-electron chi connectivity index (χ4n) is 2.78. The summed E-state index contributed by atoms with van der Waals surface area (Å²) in [4.78, 5) is 23.5. The molecule has 0 saturated carbocycles. The molecular formula is C16H21N3O6S. The summed E-state index contributed by atoms with van der Waals surface area (Å²) < 4.78 is 34.0. The molecule has 0 aromatic heterocycles. The smallest absolute Gasteiger partial charge is 0.315 e. The maximum atomic E-state index is 11.8. The van der Waals surface area contributed by atoms with Crippen LogP contribution in [-0.2, 0) is 14.6 Å². The fourth-order valence-corrected chi connectivity index (χ4v) is 4.45. The quantitative estimate of drug-likeness (QED) is 0.626. The van der Waals surface area contributed by atoms with Crippen LogP contribution in [-0.4, -0.2) is 63.7 Å². The van der Waals surface area contributed by atoms with Crippen molar-refractivity contribution in [3.05, 3.63) is 24.3 Å². The second kappa shape index (κ2) is 7.81. The molecule has 1 aromatic rings. The monoisotopic (exact) mass is 383 g/mol. The highest BCUT2D eigenvalue weighted by atomic mass is 32.2. The third-order valence-electron chi connectivity index (χ3n) is 4.06. The van der Waals surface area contributed by atoms with E-state index in [0.29, 0.717) is 24.5 Å². The van der Waals surface area contributed by atoms with E-state index in [1.165, 1.54) is 0 Å². The summed E-state index contributed by atoms with van der Waals surface area (Å²) in [5.74, 6) is 0.897. The third kappa shape index (κ3) is 5.01. The lowest BCUT2D eigenvalue weighted by Crippen LogP contribution is -2.48. The summed E-state index contributed by atoms with van der Waals surface area (Å²) in [6.45, 7) is 0.309. The van der Waals surface area contributed by atoms with Gasteiger partial charge in [-0.15, -0.1) is 0 Å². The van der Waals surface area contributed by atoms with Crippen molar-refractivity contribution in [1.82, 2.24) is 16.0 Å². The van der Waals surface area contributed by atoms with Gasteiger partial charge in [-0.2, -0.15) is 0 Å². The normalized spacial score (nSPS) is 23.1. The van der Waals surface area contributed by atoms with Crippen LogP contribution in [0, 0.1) is 0 Å². The lowest BCUT2D eigenvalue weighted by molar-refractivity contribution is -0.120. The third-order valence-corrected chi connectivity index (χ3v) is 5.83. The van der Waals surface area contributed by atoms with Gasteiger partial charge < -0.3 is 25.4 Å². The van der Waals surface area contributed by atoms with E-state index >= 15 is 0 Å². The molecule has 2 aliphatic rings. The Labute approximate surface area is 151 Å². The second-order valence-electron chi connectivity index (χ2n) is 6.23. The Balaban J connectivity index is 1.34. The van der Waals surface area contributed by atoms with Crippen LogP contribution in [0.4, 0.5) is 4.79 Å². The molecule has 3 rings (SSSR count). The average molecular weight is 383 g/mol. The molecule has 3 amide bonds. The number of para-hydroxylation sites is 2. The van der Waals surface area contributed by atoms with Gasteiger partial charge in [-0.1, -0.05) is 12.1 Å². The molecule has 3 N–H and O–H groups in total. The minimum atomic E-state index is -3.05. The van der Waals surface area contributed by atoms with Crippen LogP contribution < -0.4 is 25.4 Å². The number of benzene rings is 1. The van der Waals surface area contributed by atoms with Gasteiger partial charge in [0.25, 0.3) is 0 Å². The predicted octanol–water partition coefficient (Wildman–Crippen LogP) is -0.571. The largest absolute Gasteiger partial charge is 0.486 e. The number of hydrogen-bond donors (Lipinski definition) is 3. The van der Waals surface area contributed by atoms with Crippen LogP contribution in [0.5, 0.6) is 11.5 Å². The summed E-state index contributed by atoms with van der Waals surface area (Å²) in [5, 5.41) is 7.64. The van der Waals surface area contributed by atoms with Gasteiger partial charge in [-0.25, -0.2) is 13.2 Å². The SMILES string of the molecule is O=C(CNC(=O)NC[C@@H]1COc2ccccc2O1)N[C@H]1CCS(=O)(=O)C1. The number of rotatable bonds is 5. The van der Waals surface area contributed by atoms with Crippen molar-refractivity contribution in [2.45, 2.75) is 18.6 Å². The first-order valence-electron chi connectivity index (χ1n) is 8.31. The topological polar surface area (TPSA) is 123 Å². The Morgan fingerprint density at radius 2 is 1.92 bits per heavy atom. The highest BCUT2D eigenvalue weighted by Crippen LogP contribution is 2.30. The Hall–Kier alpha value is -2.49. The molecule has 1 fully saturated rings. The molecule has 0 unspecified atom stereocenters. The molecule has 1 saturated heterocycles. The van der Waals surface area contributed by atoms with Crippen LogP contribution in [0.2, 0.25) is 0 Å². The first kappa shape index (κ1) is 18.3. The fraction of sp³-hybridized carbons (Fsp3) is 0.500. The molecule has 142 valence electrons. The zero-order chi connectivity index (χ0) is 18.6. The van der Waals surface area contributed by atoms with E-state index in [1.54, 1.807) is 12.1 Å². The van der Waals surface area contributed by atoms with E-state index in [2.05, 4.69) is 16.0 Å². The molecule has 10 heteroatoms. The van der Waals surface area contributed by atoms with Crippen molar-refractivity contribution in [3.8, 4) is 11.5 Å². The summed E-state index contributed by atoms with van der Waals surface area (Å²) >= 11 is 0. The molecule has 26 heavy (non-hydrogen) atoms. The van der Waals surface area contributed by atoms with Crippen LogP contribution >= 0.6 is 0 Å². The summed E-state index contributed by atoms with van der Waals surface area (Å²) in [5.41, 5.74) is 0. The Morgan fingerprint density at radius 3 is 2.65 bits per heavy atom. The van der Waals surface area contributed by atoms with Gasteiger partial charge in [-0.05, 0) is 18.6 Å². The Bertz CT molecular complexity index is 782. The average Bonchev–Trinajstić information content (AvgIpc) is 2.96. The van der Waals surface area contributed by atoms with Gasteiger partial charge >= 0.3 is 6.03 Å². The predicted molar refractivity (Wildman–Crippen MR) is 93.0 cm³/mol. The zero-order valence-corrected chi connectivity index (χ0v) is 14.9. The number of fused-ring (bicyclic) bond motifs is 1. The Morgan fingerprint density at radius 1 is 1.15 bits per heavy atom. The van der Waals surface area contributed by atoms with E-state index in [4.69, 9.17) is 9.47 Å². The van der Waals surface area contributed by atoms with Crippen molar-refractivity contribution in [2.75, 3.05) is 31.2 Å². The number of urea groups is 1. The molecule has 1 aromatic carbocycles. The first-order valence-corrected chi connectivity index (χ1v) is 10.1. The van der Waals surface area contributed by atoms with E-state index in [-0.39, 0.29) is 36.7 Å². The van der Waals surface area contributed by atoms with Crippen molar-refractivity contribution in [1.29, 1.82) is 0 Å². The van der Waals surface area contributed by atoms with E-state index in [9.17, 15) is 18.0 Å². The highest BCUT2D eigenvalue weighted by molar-refractivity contribution is 7.91. The molecule has 0 spiro atoms. The molecule has 9 nitrogen and oxygen atoms in total. The lowest BCUT2D eigenvalue weighted by Gasteiger charge is -2.26. The number of hydrogen-bond acceptors (Lipinski definition) is 6. The maximum absolute atomic E-state index is 11.8. The van der Waals surface area contributed by atoms with Gasteiger partial charge in [0.1, 0.15) is 6.61 Å². The van der Waals surface area contributed by atoms with Crippen molar-refractivity contribution < 1.29 is 27.5 Å². The molecule has 2 atom stereocenters. The number of carbonyl (C=O) groups is 2. The summed E-state index contributed by atoms with van der Waals surface area (Å²) in [6.07, 6.45) is 0.0778. The van der Waals surface area contributed by atoms with Crippen molar-refractivity contribution >= 4 is 21.8 Å². The molecule has 0 radical (unpaired) electrons. The Kier molecular flexibility index (Phi) is 5.50. The second-order valence-corrected chi connectivity index (χ2v) is 8.46. The van der Waals surface area contributed by atoms with Gasteiger partial charge in [0.2, 0.25) is 5.91 Å². The molecule has 0 bridgehead atoms. The standard InChI is InChI=1S/C16H21N3O6S/c20-15(19-11-5-6-26(22,23)10-11)8-18-16(21)17-7-12-9-24-13-3-1-2-4-14(13)25-12/h1-4,11-12H,5-10H2,(H,19,20)(H2,17,18,21)/t11-,12+/m0/s1. The van der Waals surface area contributed by atoms with Gasteiger partial charge in [0.05, 0.1) is 24.6 Å². The van der Waals surface area contributed by atoms with Crippen LogP contribution in [0.1, 0.15) is 6.42 Å².